The van der Waals surface area contributed by atoms with E-state index in [2.05, 4.69) is 26.2 Å². The van der Waals surface area contributed by atoms with E-state index in [1.165, 1.54) is 0 Å². The summed E-state index contributed by atoms with van der Waals surface area (Å²) in [6.45, 7) is 3.05. The first-order valence-electron chi connectivity index (χ1n) is 8.03. The van der Waals surface area contributed by atoms with Gasteiger partial charge in [0, 0.05) is 29.1 Å². The van der Waals surface area contributed by atoms with Crippen LogP contribution in [0.5, 0.6) is 0 Å². The summed E-state index contributed by atoms with van der Waals surface area (Å²) in [7, 11) is 0. The number of carbonyl (C=O) groups excluding carboxylic acids is 2. The second-order valence-corrected chi connectivity index (χ2v) is 6.57. The van der Waals surface area contributed by atoms with Gasteiger partial charge in [-0.25, -0.2) is 4.79 Å². The predicted molar refractivity (Wildman–Crippen MR) is 97.5 cm³/mol. The number of rotatable bonds is 3. The molecule has 1 aliphatic rings. The third-order valence-electron chi connectivity index (χ3n) is 4.01. The highest BCUT2D eigenvalue weighted by atomic mass is 79.9. The highest BCUT2D eigenvalue weighted by Gasteiger charge is 2.25. The molecule has 2 amide bonds. The second-order valence-electron chi connectivity index (χ2n) is 5.66. The van der Waals surface area contributed by atoms with Gasteiger partial charge in [0.25, 0.3) is 5.91 Å². The van der Waals surface area contributed by atoms with Crippen molar-refractivity contribution in [1.29, 1.82) is 0 Å². The first-order valence-corrected chi connectivity index (χ1v) is 8.82. The van der Waals surface area contributed by atoms with E-state index in [1.54, 1.807) is 24.2 Å². The van der Waals surface area contributed by atoms with Gasteiger partial charge in [-0.05, 0) is 48.7 Å². The summed E-state index contributed by atoms with van der Waals surface area (Å²) in [6.07, 6.45) is 3.54. The topological polar surface area (TPSA) is 71.5 Å². The number of pyridine rings is 1. The fraction of sp³-hybridized carbons (Fsp3) is 0.278. The molecular weight excluding hydrogens is 386 g/mol. The van der Waals surface area contributed by atoms with Crippen LogP contribution < -0.4 is 5.32 Å². The Balaban J connectivity index is 1.78. The van der Waals surface area contributed by atoms with E-state index >= 15 is 0 Å². The lowest BCUT2D eigenvalue weighted by Crippen LogP contribution is -2.37. The number of amides is 2. The van der Waals surface area contributed by atoms with Crippen molar-refractivity contribution in [3.8, 4) is 0 Å². The maximum absolute atomic E-state index is 12.6. The van der Waals surface area contributed by atoms with Crippen molar-refractivity contribution in [2.75, 3.05) is 18.5 Å². The van der Waals surface area contributed by atoms with E-state index in [9.17, 15) is 9.59 Å². The van der Waals surface area contributed by atoms with Gasteiger partial charge in [0.15, 0.2) is 0 Å². The molecule has 25 heavy (non-hydrogen) atoms. The molecule has 0 bridgehead atoms. The normalized spacial score (nSPS) is 13.1. The molecule has 0 unspecified atom stereocenters. The number of hydrogen-bond donors (Lipinski definition) is 1. The standard InChI is InChI=1S/C18H18BrN3O3/c1-2-25-18(24)22-8-7-15-12(11-22)9-20-10-16(15)17(23)21-14-5-3-13(19)4-6-14/h3-6,9-10H,2,7-8,11H2,1H3,(H,21,23). The molecule has 1 aromatic heterocycles. The molecule has 0 atom stereocenters. The molecule has 130 valence electrons. The number of nitrogens with zero attached hydrogens (tertiary/aromatic N) is 2. The highest BCUT2D eigenvalue weighted by Crippen LogP contribution is 2.23. The molecule has 2 heterocycles. The van der Waals surface area contributed by atoms with Crippen molar-refractivity contribution >= 4 is 33.6 Å². The van der Waals surface area contributed by atoms with Gasteiger partial charge >= 0.3 is 6.09 Å². The number of fused-ring (bicyclic) bond motifs is 1. The highest BCUT2D eigenvalue weighted by molar-refractivity contribution is 9.10. The predicted octanol–water partition coefficient (Wildman–Crippen LogP) is 3.61. The fourth-order valence-electron chi connectivity index (χ4n) is 2.79. The fourth-order valence-corrected chi connectivity index (χ4v) is 3.06. The van der Waals surface area contributed by atoms with E-state index in [0.29, 0.717) is 31.7 Å². The number of ether oxygens (including phenoxy) is 1. The SMILES string of the molecule is CCOC(=O)N1CCc2c(cncc2C(=O)Nc2ccc(Br)cc2)C1. The molecule has 0 spiro atoms. The van der Waals surface area contributed by atoms with Crippen molar-refractivity contribution in [2.45, 2.75) is 19.9 Å². The van der Waals surface area contributed by atoms with Crippen LogP contribution in [0.4, 0.5) is 10.5 Å². The summed E-state index contributed by atoms with van der Waals surface area (Å²) in [6, 6.07) is 7.39. The van der Waals surface area contributed by atoms with E-state index in [1.807, 2.05) is 24.3 Å². The summed E-state index contributed by atoms with van der Waals surface area (Å²) in [4.78, 5) is 30.3. The summed E-state index contributed by atoms with van der Waals surface area (Å²) < 4.78 is 5.99. The van der Waals surface area contributed by atoms with E-state index < -0.39 is 0 Å². The van der Waals surface area contributed by atoms with Crippen LogP contribution >= 0.6 is 15.9 Å². The molecular formula is C18H18BrN3O3. The number of halogens is 1. The van der Waals surface area contributed by atoms with Crippen molar-refractivity contribution < 1.29 is 14.3 Å². The monoisotopic (exact) mass is 403 g/mol. The van der Waals surface area contributed by atoms with Gasteiger partial charge in [-0.3, -0.25) is 9.78 Å². The van der Waals surface area contributed by atoms with E-state index in [4.69, 9.17) is 4.74 Å². The lowest BCUT2D eigenvalue weighted by atomic mass is 9.97. The maximum Gasteiger partial charge on any atom is 0.410 e. The quantitative estimate of drug-likeness (QED) is 0.849. The van der Waals surface area contributed by atoms with Gasteiger partial charge in [0.2, 0.25) is 0 Å². The maximum atomic E-state index is 12.6. The number of aromatic nitrogens is 1. The summed E-state index contributed by atoms with van der Waals surface area (Å²) in [5.74, 6) is -0.198. The Hall–Kier alpha value is -2.41. The third-order valence-corrected chi connectivity index (χ3v) is 4.54. The molecule has 0 saturated heterocycles. The Morgan fingerprint density at radius 1 is 1.28 bits per heavy atom. The van der Waals surface area contributed by atoms with Gasteiger partial charge in [-0.2, -0.15) is 0 Å². The van der Waals surface area contributed by atoms with Crippen LogP contribution in [-0.4, -0.2) is 35.0 Å². The lowest BCUT2D eigenvalue weighted by Gasteiger charge is -2.28. The minimum atomic E-state index is -0.335. The van der Waals surface area contributed by atoms with Crippen molar-refractivity contribution in [2.24, 2.45) is 0 Å². The van der Waals surface area contributed by atoms with Gasteiger partial charge in [0.1, 0.15) is 0 Å². The Morgan fingerprint density at radius 2 is 2.04 bits per heavy atom. The zero-order chi connectivity index (χ0) is 17.8. The number of carbonyl (C=O) groups is 2. The average molecular weight is 404 g/mol. The lowest BCUT2D eigenvalue weighted by molar-refractivity contribution is 0.101. The molecule has 0 radical (unpaired) electrons. The zero-order valence-electron chi connectivity index (χ0n) is 13.8. The molecule has 3 rings (SSSR count). The molecule has 0 saturated carbocycles. The zero-order valence-corrected chi connectivity index (χ0v) is 15.4. The summed E-state index contributed by atoms with van der Waals surface area (Å²) in [5, 5.41) is 2.88. The molecule has 0 aliphatic carbocycles. The van der Waals surface area contributed by atoms with Gasteiger partial charge in [0.05, 0.1) is 18.7 Å². The number of hydrogen-bond acceptors (Lipinski definition) is 4. The molecule has 1 aromatic carbocycles. The van der Waals surface area contributed by atoms with Gasteiger partial charge in [-0.1, -0.05) is 15.9 Å². The van der Waals surface area contributed by atoms with Crippen LogP contribution in [0.3, 0.4) is 0 Å². The molecule has 0 fully saturated rings. The minimum Gasteiger partial charge on any atom is -0.450 e. The van der Waals surface area contributed by atoms with Gasteiger partial charge < -0.3 is 15.0 Å². The smallest absolute Gasteiger partial charge is 0.410 e. The van der Waals surface area contributed by atoms with Crippen LogP contribution in [0.1, 0.15) is 28.4 Å². The molecule has 1 aliphatic heterocycles. The second kappa shape index (κ2) is 7.65. The largest absolute Gasteiger partial charge is 0.450 e. The third kappa shape index (κ3) is 3.99. The van der Waals surface area contributed by atoms with Gasteiger partial charge in [-0.15, -0.1) is 0 Å². The van der Waals surface area contributed by atoms with Crippen LogP contribution in [-0.2, 0) is 17.7 Å². The number of benzene rings is 1. The average Bonchev–Trinajstić information content (AvgIpc) is 2.62. The van der Waals surface area contributed by atoms with Crippen LogP contribution in [0.25, 0.3) is 0 Å². The van der Waals surface area contributed by atoms with Crippen LogP contribution in [0.15, 0.2) is 41.1 Å². The molecule has 6 nitrogen and oxygen atoms in total. The number of nitrogens with one attached hydrogen (secondary N) is 1. The Bertz CT molecular complexity index is 793. The Kier molecular flexibility index (Phi) is 5.33. The first-order chi connectivity index (χ1) is 12.1. The summed E-state index contributed by atoms with van der Waals surface area (Å²) in [5.41, 5.74) is 3.08. The molecule has 7 heteroatoms. The van der Waals surface area contributed by atoms with E-state index in [-0.39, 0.29) is 12.0 Å². The van der Waals surface area contributed by atoms with Crippen molar-refractivity contribution in [1.82, 2.24) is 9.88 Å². The van der Waals surface area contributed by atoms with Crippen molar-refractivity contribution in [3.05, 3.63) is 57.8 Å². The first kappa shape index (κ1) is 17.4. The minimum absolute atomic E-state index is 0.198. The van der Waals surface area contributed by atoms with Crippen molar-refractivity contribution in [3.63, 3.8) is 0 Å². The Labute approximate surface area is 154 Å². The van der Waals surface area contributed by atoms with Crippen LogP contribution in [0.2, 0.25) is 0 Å². The molecule has 1 N–H and O–H groups in total. The van der Waals surface area contributed by atoms with Crippen LogP contribution in [0, 0.1) is 0 Å². The van der Waals surface area contributed by atoms with E-state index in [0.717, 1.165) is 21.3 Å². The molecule has 2 aromatic rings. The Morgan fingerprint density at radius 3 is 2.76 bits per heavy atom. The number of anilines is 1. The summed E-state index contributed by atoms with van der Waals surface area (Å²) >= 11 is 3.37.